The Labute approximate surface area is 204 Å². The highest BCUT2D eigenvalue weighted by molar-refractivity contribution is 7.09. The number of aryl methyl sites for hydroxylation is 1. The zero-order valence-electron chi connectivity index (χ0n) is 21.5. The van der Waals surface area contributed by atoms with Crippen LogP contribution >= 0.6 is 11.3 Å². The van der Waals surface area contributed by atoms with Crippen LogP contribution in [0.25, 0.3) is 6.08 Å². The van der Waals surface area contributed by atoms with E-state index in [0.29, 0.717) is 18.9 Å². The van der Waals surface area contributed by atoms with Gasteiger partial charge in [0.15, 0.2) is 0 Å². The van der Waals surface area contributed by atoms with Crippen LogP contribution < -0.4 is 0 Å². The fourth-order valence-corrected chi connectivity index (χ4v) is 4.52. The Balaban J connectivity index is 0.000000502. The molecule has 1 aliphatic rings. The van der Waals surface area contributed by atoms with Crippen molar-refractivity contribution in [1.82, 2.24) is 4.98 Å². The molecule has 0 amide bonds. The van der Waals surface area contributed by atoms with E-state index in [-0.39, 0.29) is 24.0 Å². The van der Waals surface area contributed by atoms with Gasteiger partial charge in [0.05, 0.1) is 29.8 Å². The largest absolute Gasteiger partial charge is 0.465 e. The van der Waals surface area contributed by atoms with Gasteiger partial charge >= 0.3 is 5.97 Å². The van der Waals surface area contributed by atoms with E-state index >= 15 is 0 Å². The van der Waals surface area contributed by atoms with Crippen molar-refractivity contribution < 1.29 is 19.4 Å². The molecule has 0 saturated carbocycles. The smallest absolute Gasteiger partial charge is 0.308 e. The van der Waals surface area contributed by atoms with Gasteiger partial charge in [0.1, 0.15) is 5.78 Å². The summed E-state index contributed by atoms with van der Waals surface area (Å²) in [7, 11) is 0. The first-order chi connectivity index (χ1) is 15.6. The maximum absolute atomic E-state index is 12.6. The number of hydrogen-bond donors (Lipinski definition) is 1. The Hall–Kier alpha value is -1.79. The van der Waals surface area contributed by atoms with Crippen LogP contribution in [0.5, 0.6) is 0 Å². The third kappa shape index (κ3) is 10.8. The fraction of sp³-hybridized carbons (Fsp3) is 0.667. The molecule has 6 heteroatoms. The second-order valence-electron chi connectivity index (χ2n) is 9.33. The first kappa shape index (κ1) is 29.2. The van der Waals surface area contributed by atoms with Crippen molar-refractivity contribution >= 4 is 29.2 Å². The molecule has 0 bridgehead atoms. The zero-order chi connectivity index (χ0) is 25.0. The molecule has 33 heavy (non-hydrogen) atoms. The number of esters is 1. The van der Waals surface area contributed by atoms with E-state index in [1.807, 2.05) is 32.9 Å². The Bertz CT molecular complexity index is 798. The number of carbonyl (C=O) groups excluding carboxylic acids is 2. The molecule has 1 N–H and O–H groups in total. The molecular formula is C27H43NO4S. The number of thiazole rings is 1. The summed E-state index contributed by atoms with van der Waals surface area (Å²) in [5.74, 6) is -0.343. The third-order valence-electron chi connectivity index (χ3n) is 6.62. The van der Waals surface area contributed by atoms with E-state index in [4.69, 9.17) is 4.74 Å². The summed E-state index contributed by atoms with van der Waals surface area (Å²) in [6.45, 7) is 14.4. The summed E-state index contributed by atoms with van der Waals surface area (Å²) in [6.07, 6.45) is 8.97. The van der Waals surface area contributed by atoms with Crippen LogP contribution in [0.2, 0.25) is 0 Å². The molecule has 4 unspecified atom stereocenters. The quantitative estimate of drug-likeness (QED) is 0.374. The number of rotatable bonds is 1. The molecule has 1 aliphatic heterocycles. The summed E-state index contributed by atoms with van der Waals surface area (Å²) in [5, 5.41) is 13.4. The number of carbonyl (C=O) groups is 2. The average molecular weight is 478 g/mol. The molecule has 2 heterocycles. The van der Waals surface area contributed by atoms with Crippen molar-refractivity contribution in [2.45, 2.75) is 86.7 Å². The molecule has 5 nitrogen and oxygen atoms in total. The van der Waals surface area contributed by atoms with Gasteiger partial charge in [-0.25, -0.2) is 4.98 Å². The summed E-state index contributed by atoms with van der Waals surface area (Å²) in [5.41, 5.74) is 2.38. The number of ketones is 1. The van der Waals surface area contributed by atoms with Crippen molar-refractivity contribution in [1.29, 1.82) is 0 Å². The standard InChI is InChI=1S/C20H34O4.C7H9NS/c1-13-8-6-10-14(2)15(3)16(4)20(23)17(5)18(21)12-19(22)24-11-7-9-13;1-3-4-7-5-9-6(2)8-7/h9,14-18,21H,6-8,10-12H2,1-5H3;3-5H,1-2H3/b13-9-;4-3-/t14?,15-,16?,17?,18?;/m0./s1. The van der Waals surface area contributed by atoms with Crippen LogP contribution in [0.3, 0.4) is 0 Å². The lowest BCUT2D eigenvalue weighted by molar-refractivity contribution is -0.147. The third-order valence-corrected chi connectivity index (χ3v) is 7.41. The Morgan fingerprint density at radius 1 is 1.15 bits per heavy atom. The van der Waals surface area contributed by atoms with Crippen LogP contribution in [-0.4, -0.2) is 34.6 Å². The monoisotopic (exact) mass is 477 g/mol. The van der Waals surface area contributed by atoms with Crippen LogP contribution in [0.4, 0.5) is 0 Å². The van der Waals surface area contributed by atoms with Crippen molar-refractivity contribution in [2.75, 3.05) is 6.61 Å². The number of allylic oxidation sites excluding steroid dienone is 2. The Kier molecular flexibility index (Phi) is 13.4. The highest BCUT2D eigenvalue weighted by atomic mass is 32.1. The number of aliphatic hydroxyl groups excluding tert-OH is 1. The number of aliphatic hydroxyl groups is 1. The van der Waals surface area contributed by atoms with Crippen LogP contribution in [0.15, 0.2) is 23.1 Å². The van der Waals surface area contributed by atoms with E-state index in [1.165, 1.54) is 5.57 Å². The number of hydrogen-bond acceptors (Lipinski definition) is 6. The second kappa shape index (κ2) is 15.2. The van der Waals surface area contributed by atoms with E-state index in [0.717, 1.165) is 30.0 Å². The number of aromatic nitrogens is 1. The minimum Gasteiger partial charge on any atom is -0.465 e. The maximum atomic E-state index is 12.6. The molecule has 5 atom stereocenters. The van der Waals surface area contributed by atoms with Gasteiger partial charge in [0.25, 0.3) is 0 Å². The molecule has 0 saturated heterocycles. The minimum absolute atomic E-state index is 0.0396. The molecule has 2 rings (SSSR count). The normalized spacial score (nSPS) is 30.2. The molecule has 1 aromatic heterocycles. The van der Waals surface area contributed by atoms with Crippen molar-refractivity contribution in [2.24, 2.45) is 23.7 Å². The van der Waals surface area contributed by atoms with Crippen molar-refractivity contribution in [3.63, 3.8) is 0 Å². The van der Waals surface area contributed by atoms with Gasteiger partial charge in [-0.2, -0.15) is 0 Å². The lowest BCUT2D eigenvalue weighted by Gasteiger charge is -2.28. The van der Waals surface area contributed by atoms with Gasteiger partial charge in [-0.1, -0.05) is 51.8 Å². The zero-order valence-corrected chi connectivity index (χ0v) is 22.3. The molecule has 186 valence electrons. The topological polar surface area (TPSA) is 76.5 Å². The molecule has 0 aliphatic carbocycles. The molecule has 1 aromatic rings. The Morgan fingerprint density at radius 2 is 1.85 bits per heavy atom. The average Bonchev–Trinajstić information content (AvgIpc) is 3.19. The molecule has 0 spiro atoms. The van der Waals surface area contributed by atoms with Gasteiger partial charge in [-0.15, -0.1) is 11.3 Å². The number of ether oxygens (including phenoxy) is 1. The van der Waals surface area contributed by atoms with Gasteiger partial charge in [-0.05, 0) is 57.9 Å². The van der Waals surface area contributed by atoms with Crippen LogP contribution in [0.1, 0.15) is 84.3 Å². The minimum atomic E-state index is -0.972. The van der Waals surface area contributed by atoms with E-state index in [9.17, 15) is 14.7 Å². The summed E-state index contributed by atoms with van der Waals surface area (Å²) in [6, 6.07) is 0. The van der Waals surface area contributed by atoms with Crippen LogP contribution in [-0.2, 0) is 14.3 Å². The summed E-state index contributed by atoms with van der Waals surface area (Å²) in [4.78, 5) is 28.7. The highest BCUT2D eigenvalue weighted by Gasteiger charge is 2.32. The predicted octanol–water partition coefficient (Wildman–Crippen LogP) is 6.40. The first-order valence-corrected chi connectivity index (χ1v) is 13.0. The molecule has 0 fully saturated rings. The lowest BCUT2D eigenvalue weighted by atomic mass is 9.76. The van der Waals surface area contributed by atoms with Gasteiger partial charge in [0.2, 0.25) is 0 Å². The van der Waals surface area contributed by atoms with E-state index in [1.54, 1.807) is 18.3 Å². The number of cyclic esters (lactones) is 1. The number of nitrogens with zero attached hydrogens (tertiary/aromatic N) is 1. The molecule has 0 aromatic carbocycles. The van der Waals surface area contributed by atoms with Gasteiger partial charge in [0, 0.05) is 17.2 Å². The number of Topliss-reactive ketones (excluding diaryl/α,β-unsaturated/α-hetero) is 1. The SMILES string of the molecule is C/C1=C/CCOC(=O)CC(O)C(C)C(=O)C(C)[C@@H](C)C(C)CCC1.C/C=C\c1csc(C)n1. The highest BCUT2D eigenvalue weighted by Crippen LogP contribution is 2.29. The summed E-state index contributed by atoms with van der Waals surface area (Å²) < 4.78 is 5.16. The molecular weight excluding hydrogens is 434 g/mol. The second-order valence-corrected chi connectivity index (χ2v) is 10.4. The fourth-order valence-electron chi connectivity index (χ4n) is 3.94. The maximum Gasteiger partial charge on any atom is 0.308 e. The van der Waals surface area contributed by atoms with E-state index < -0.39 is 18.0 Å². The van der Waals surface area contributed by atoms with Crippen LogP contribution in [0, 0.1) is 30.6 Å². The van der Waals surface area contributed by atoms with Crippen molar-refractivity contribution in [3.8, 4) is 0 Å². The van der Waals surface area contributed by atoms with Gasteiger partial charge < -0.3 is 9.84 Å². The Morgan fingerprint density at radius 3 is 2.45 bits per heavy atom. The van der Waals surface area contributed by atoms with Gasteiger partial charge in [-0.3, -0.25) is 9.59 Å². The van der Waals surface area contributed by atoms with Crippen molar-refractivity contribution in [3.05, 3.63) is 33.8 Å². The first-order valence-electron chi connectivity index (χ1n) is 12.1. The van der Waals surface area contributed by atoms with E-state index in [2.05, 4.69) is 37.2 Å². The summed E-state index contributed by atoms with van der Waals surface area (Å²) >= 11 is 1.68. The predicted molar refractivity (Wildman–Crippen MR) is 137 cm³/mol. The lowest BCUT2D eigenvalue weighted by Crippen LogP contribution is -2.35. The molecule has 0 radical (unpaired) electrons.